The summed E-state index contributed by atoms with van der Waals surface area (Å²) >= 11 is 1.65. The highest BCUT2D eigenvalue weighted by Crippen LogP contribution is 2.22. The molecule has 0 fully saturated rings. The van der Waals surface area contributed by atoms with Gasteiger partial charge < -0.3 is 9.80 Å². The Morgan fingerprint density at radius 2 is 1.69 bits per heavy atom. The van der Waals surface area contributed by atoms with Crippen LogP contribution in [0.1, 0.15) is 57.9 Å². The van der Waals surface area contributed by atoms with Crippen LogP contribution in [0.5, 0.6) is 0 Å². The molecule has 4 nitrogen and oxygen atoms in total. The zero-order valence-electron chi connectivity index (χ0n) is 18.4. The van der Waals surface area contributed by atoms with Crippen molar-refractivity contribution in [1.82, 2.24) is 9.80 Å². The smallest absolute Gasteiger partial charge is 0.242 e. The third-order valence-corrected chi connectivity index (χ3v) is 5.79. The van der Waals surface area contributed by atoms with E-state index in [0.29, 0.717) is 19.5 Å². The molecule has 0 saturated heterocycles. The first-order valence-electron chi connectivity index (χ1n) is 10.3. The second-order valence-corrected chi connectivity index (χ2v) is 9.86. The van der Waals surface area contributed by atoms with E-state index in [1.54, 1.807) is 16.2 Å². The number of thiophene rings is 1. The predicted molar refractivity (Wildman–Crippen MR) is 121 cm³/mol. The molecule has 0 unspecified atom stereocenters. The fourth-order valence-electron chi connectivity index (χ4n) is 3.14. The summed E-state index contributed by atoms with van der Waals surface area (Å²) < 4.78 is 0. The van der Waals surface area contributed by atoms with Gasteiger partial charge >= 0.3 is 0 Å². The first-order chi connectivity index (χ1) is 13.7. The minimum absolute atomic E-state index is 0.00943. The lowest BCUT2D eigenvalue weighted by Crippen LogP contribution is -2.47. The highest BCUT2D eigenvalue weighted by molar-refractivity contribution is 7.09. The second-order valence-electron chi connectivity index (χ2n) is 8.83. The van der Waals surface area contributed by atoms with Crippen LogP contribution < -0.4 is 0 Å². The topological polar surface area (TPSA) is 40.6 Å². The van der Waals surface area contributed by atoms with Crippen LogP contribution in [-0.2, 0) is 22.7 Å². The van der Waals surface area contributed by atoms with Crippen molar-refractivity contribution >= 4 is 23.2 Å². The Bertz CT molecular complexity index is 766. The van der Waals surface area contributed by atoms with E-state index in [-0.39, 0.29) is 29.8 Å². The standard InChI is InChI=1S/C24H34N2O2S/c1-6-19(2)26(22(27)15-24(3,4)5)18-23(28)25(17-21-13-10-14-29-21)16-20-11-8-7-9-12-20/h7-14,19H,6,15-18H2,1-5H3/t19-/m0/s1. The van der Waals surface area contributed by atoms with Gasteiger partial charge in [0.25, 0.3) is 0 Å². The van der Waals surface area contributed by atoms with Gasteiger partial charge in [-0.15, -0.1) is 11.3 Å². The number of hydrogen-bond donors (Lipinski definition) is 0. The number of amides is 2. The molecule has 2 aromatic rings. The molecule has 1 aromatic heterocycles. The lowest BCUT2D eigenvalue weighted by molar-refractivity contribution is -0.144. The van der Waals surface area contributed by atoms with Crippen molar-refractivity contribution in [2.45, 2.75) is 66.6 Å². The molecule has 0 N–H and O–H groups in total. The van der Waals surface area contributed by atoms with Crippen LogP contribution in [0.15, 0.2) is 47.8 Å². The van der Waals surface area contributed by atoms with Gasteiger partial charge in [-0.05, 0) is 35.8 Å². The van der Waals surface area contributed by atoms with Crippen molar-refractivity contribution in [3.05, 3.63) is 58.3 Å². The molecule has 0 saturated carbocycles. The molecule has 0 aliphatic rings. The van der Waals surface area contributed by atoms with E-state index < -0.39 is 0 Å². The molecule has 5 heteroatoms. The zero-order chi connectivity index (χ0) is 21.4. The summed E-state index contributed by atoms with van der Waals surface area (Å²) in [7, 11) is 0. The molecule has 0 spiro atoms. The van der Waals surface area contributed by atoms with Crippen molar-refractivity contribution in [3.8, 4) is 0 Å². The maximum absolute atomic E-state index is 13.3. The van der Waals surface area contributed by atoms with Gasteiger partial charge in [-0.3, -0.25) is 9.59 Å². The van der Waals surface area contributed by atoms with Gasteiger partial charge in [-0.2, -0.15) is 0 Å². The molecule has 1 aromatic carbocycles. The molecule has 0 bridgehead atoms. The molecule has 0 aliphatic carbocycles. The molecule has 0 radical (unpaired) electrons. The van der Waals surface area contributed by atoms with Crippen LogP contribution in [0.3, 0.4) is 0 Å². The molecule has 1 heterocycles. The summed E-state index contributed by atoms with van der Waals surface area (Å²) in [6.45, 7) is 11.5. The molecule has 2 amide bonds. The number of rotatable bonds is 9. The van der Waals surface area contributed by atoms with E-state index in [2.05, 4.69) is 27.7 Å². The van der Waals surface area contributed by atoms with Crippen LogP contribution in [0.2, 0.25) is 0 Å². The Labute approximate surface area is 179 Å². The lowest BCUT2D eigenvalue weighted by Gasteiger charge is -2.33. The van der Waals surface area contributed by atoms with Gasteiger partial charge in [0.2, 0.25) is 11.8 Å². The van der Waals surface area contributed by atoms with Crippen molar-refractivity contribution < 1.29 is 9.59 Å². The van der Waals surface area contributed by atoms with Gasteiger partial charge in [0.05, 0.1) is 6.54 Å². The predicted octanol–water partition coefficient (Wildman–Crippen LogP) is 5.34. The average Bonchev–Trinajstić information content (AvgIpc) is 3.17. The fourth-order valence-corrected chi connectivity index (χ4v) is 3.86. The van der Waals surface area contributed by atoms with Gasteiger partial charge in [0.15, 0.2) is 0 Å². The Morgan fingerprint density at radius 1 is 1.00 bits per heavy atom. The van der Waals surface area contributed by atoms with E-state index in [9.17, 15) is 9.59 Å². The van der Waals surface area contributed by atoms with Crippen molar-refractivity contribution in [3.63, 3.8) is 0 Å². The molecule has 158 valence electrons. The van der Waals surface area contributed by atoms with Crippen LogP contribution in [0, 0.1) is 5.41 Å². The summed E-state index contributed by atoms with van der Waals surface area (Å²) in [5, 5.41) is 2.03. The average molecular weight is 415 g/mol. The van der Waals surface area contributed by atoms with E-state index in [1.807, 2.05) is 59.7 Å². The van der Waals surface area contributed by atoms with Crippen molar-refractivity contribution in [1.29, 1.82) is 0 Å². The Hall–Kier alpha value is -2.14. The summed E-state index contributed by atoms with van der Waals surface area (Å²) in [6, 6.07) is 14.1. The first-order valence-corrected chi connectivity index (χ1v) is 11.2. The molecule has 1 atom stereocenters. The fraction of sp³-hybridized carbons (Fsp3) is 0.500. The Kier molecular flexibility index (Phi) is 8.45. The maximum atomic E-state index is 13.3. The third-order valence-electron chi connectivity index (χ3n) is 4.93. The first kappa shape index (κ1) is 23.1. The quantitative estimate of drug-likeness (QED) is 0.556. The Morgan fingerprint density at radius 3 is 2.24 bits per heavy atom. The monoisotopic (exact) mass is 414 g/mol. The molecule has 2 rings (SSSR count). The zero-order valence-corrected chi connectivity index (χ0v) is 19.2. The van der Waals surface area contributed by atoms with Crippen molar-refractivity contribution in [2.75, 3.05) is 6.54 Å². The number of nitrogens with zero attached hydrogens (tertiary/aromatic N) is 2. The highest BCUT2D eigenvalue weighted by atomic mass is 32.1. The lowest BCUT2D eigenvalue weighted by atomic mass is 9.91. The summed E-state index contributed by atoms with van der Waals surface area (Å²) in [5.74, 6) is 0.0424. The molecular weight excluding hydrogens is 380 g/mol. The van der Waals surface area contributed by atoms with Crippen LogP contribution >= 0.6 is 11.3 Å². The number of hydrogen-bond acceptors (Lipinski definition) is 3. The SMILES string of the molecule is CC[C@H](C)N(CC(=O)N(Cc1ccccc1)Cc1cccs1)C(=O)CC(C)(C)C. The van der Waals surface area contributed by atoms with Gasteiger partial charge in [-0.25, -0.2) is 0 Å². The second kappa shape index (κ2) is 10.6. The van der Waals surface area contributed by atoms with E-state index in [0.717, 1.165) is 16.9 Å². The number of carbonyl (C=O) groups is 2. The van der Waals surface area contributed by atoms with Gasteiger partial charge in [0, 0.05) is 23.9 Å². The summed E-state index contributed by atoms with van der Waals surface area (Å²) in [6.07, 6.45) is 1.26. The molecular formula is C24H34N2O2S. The van der Waals surface area contributed by atoms with Gasteiger partial charge in [0.1, 0.15) is 6.54 Å². The van der Waals surface area contributed by atoms with Crippen LogP contribution in [-0.4, -0.2) is 34.2 Å². The highest BCUT2D eigenvalue weighted by Gasteiger charge is 2.27. The minimum atomic E-state index is -0.105. The normalized spacial score (nSPS) is 12.4. The number of benzene rings is 1. The largest absolute Gasteiger partial charge is 0.332 e. The summed E-state index contributed by atoms with van der Waals surface area (Å²) in [4.78, 5) is 31.0. The van der Waals surface area contributed by atoms with E-state index in [4.69, 9.17) is 0 Å². The number of carbonyl (C=O) groups excluding carboxylic acids is 2. The maximum Gasteiger partial charge on any atom is 0.242 e. The van der Waals surface area contributed by atoms with Crippen LogP contribution in [0.4, 0.5) is 0 Å². The van der Waals surface area contributed by atoms with Crippen molar-refractivity contribution in [2.24, 2.45) is 5.41 Å². The van der Waals surface area contributed by atoms with E-state index in [1.165, 1.54) is 0 Å². The van der Waals surface area contributed by atoms with E-state index >= 15 is 0 Å². The third kappa shape index (κ3) is 7.65. The molecule has 29 heavy (non-hydrogen) atoms. The minimum Gasteiger partial charge on any atom is -0.332 e. The molecule has 0 aliphatic heterocycles. The Balaban J connectivity index is 2.18. The van der Waals surface area contributed by atoms with Crippen LogP contribution in [0.25, 0.3) is 0 Å². The summed E-state index contributed by atoms with van der Waals surface area (Å²) in [5.41, 5.74) is 0.987. The van der Waals surface area contributed by atoms with Gasteiger partial charge in [-0.1, -0.05) is 64.1 Å².